The van der Waals surface area contributed by atoms with Gasteiger partial charge in [0.1, 0.15) is 29.1 Å². The number of hydrogen-bond acceptors (Lipinski definition) is 5. The largest absolute Gasteiger partial charge is 0.490 e. The molecule has 9 heteroatoms. The molecule has 0 amide bonds. The Morgan fingerprint density at radius 3 is 2.53 bits per heavy atom. The Bertz CT molecular complexity index is 1250. The molecule has 166 valence electrons. The molecule has 1 aliphatic heterocycles. The molecule has 0 saturated carbocycles. The van der Waals surface area contributed by atoms with Gasteiger partial charge < -0.3 is 14.2 Å². The van der Waals surface area contributed by atoms with Gasteiger partial charge in [0.25, 0.3) is 5.56 Å². The first-order valence-electron chi connectivity index (χ1n) is 10.2. The normalized spacial score (nSPS) is 19.1. The number of nitrogens with zero attached hydrogens (tertiary/aromatic N) is 4. The van der Waals surface area contributed by atoms with Crippen molar-refractivity contribution in [2.24, 2.45) is 13.0 Å². The topological polar surface area (TPSA) is 71.2 Å². The maximum atomic E-state index is 12.8. The molecule has 0 spiro atoms. The molecule has 3 aromatic rings. The van der Waals surface area contributed by atoms with E-state index in [0.29, 0.717) is 42.0 Å². The van der Waals surface area contributed by atoms with Crippen molar-refractivity contribution in [1.29, 1.82) is 5.26 Å². The van der Waals surface area contributed by atoms with Gasteiger partial charge in [-0.1, -0.05) is 6.92 Å². The van der Waals surface area contributed by atoms with Gasteiger partial charge in [-0.3, -0.25) is 4.79 Å². The number of ether oxygens (including phenoxy) is 1. The second-order valence-electron chi connectivity index (χ2n) is 7.99. The minimum Gasteiger partial charge on any atom is -0.490 e. The van der Waals surface area contributed by atoms with Crippen molar-refractivity contribution in [2.75, 3.05) is 18.0 Å². The van der Waals surface area contributed by atoms with Crippen LogP contribution in [0, 0.1) is 17.2 Å². The minimum absolute atomic E-state index is 0.0456. The number of anilines is 1. The number of fused-ring (bicyclic) bond motifs is 1. The Balaban J connectivity index is 1.55. The Morgan fingerprint density at radius 2 is 1.91 bits per heavy atom. The first kappa shape index (κ1) is 21.7. The zero-order chi connectivity index (χ0) is 23.0. The summed E-state index contributed by atoms with van der Waals surface area (Å²) in [6, 6.07) is 11.6. The second-order valence-corrected chi connectivity index (χ2v) is 7.99. The van der Waals surface area contributed by atoms with Crippen molar-refractivity contribution >= 4 is 16.7 Å². The lowest BCUT2D eigenvalue weighted by Gasteiger charge is -2.38. The fourth-order valence-electron chi connectivity index (χ4n) is 4.03. The summed E-state index contributed by atoms with van der Waals surface area (Å²) in [7, 11) is 1.66. The van der Waals surface area contributed by atoms with Crippen LogP contribution in [-0.4, -0.2) is 28.7 Å². The van der Waals surface area contributed by atoms with E-state index in [1.54, 1.807) is 19.2 Å². The molecule has 1 saturated heterocycles. The number of aromatic nitrogens is 2. The molecule has 1 fully saturated rings. The molecule has 0 unspecified atom stereocenters. The van der Waals surface area contributed by atoms with E-state index in [-0.39, 0.29) is 23.3 Å². The van der Waals surface area contributed by atoms with Crippen molar-refractivity contribution in [1.82, 2.24) is 9.55 Å². The van der Waals surface area contributed by atoms with Crippen LogP contribution in [0.2, 0.25) is 0 Å². The van der Waals surface area contributed by atoms with Gasteiger partial charge in [0.05, 0.1) is 16.8 Å². The Kier molecular flexibility index (Phi) is 5.55. The van der Waals surface area contributed by atoms with Crippen molar-refractivity contribution in [3.05, 3.63) is 64.1 Å². The molecule has 32 heavy (non-hydrogen) atoms. The zero-order valence-corrected chi connectivity index (χ0v) is 17.6. The van der Waals surface area contributed by atoms with E-state index in [9.17, 15) is 23.2 Å². The second kappa shape index (κ2) is 8.19. The number of halogens is 3. The van der Waals surface area contributed by atoms with Crippen molar-refractivity contribution in [2.45, 2.75) is 25.6 Å². The van der Waals surface area contributed by atoms with Gasteiger partial charge in [-0.25, -0.2) is 4.98 Å². The molecular weight excluding hydrogens is 421 g/mol. The van der Waals surface area contributed by atoms with Crippen LogP contribution < -0.4 is 15.2 Å². The lowest BCUT2D eigenvalue weighted by Crippen LogP contribution is -2.45. The summed E-state index contributed by atoms with van der Waals surface area (Å²) in [4.78, 5) is 19.0. The van der Waals surface area contributed by atoms with E-state index in [0.717, 1.165) is 12.1 Å². The third-order valence-corrected chi connectivity index (χ3v) is 5.82. The highest BCUT2D eigenvalue weighted by molar-refractivity contribution is 5.88. The van der Waals surface area contributed by atoms with Crippen LogP contribution in [-0.2, 0) is 13.2 Å². The number of hydrogen-bond donors (Lipinski definition) is 0. The summed E-state index contributed by atoms with van der Waals surface area (Å²) in [5.74, 6) is 0.437. The number of benzene rings is 1. The van der Waals surface area contributed by atoms with Crippen LogP contribution in [0.3, 0.4) is 0 Å². The third kappa shape index (κ3) is 4.13. The molecule has 0 radical (unpaired) electrons. The molecule has 1 aromatic carbocycles. The molecule has 2 atom stereocenters. The first-order chi connectivity index (χ1) is 15.2. The number of pyridine rings is 2. The molecule has 1 aliphatic rings. The van der Waals surface area contributed by atoms with Crippen molar-refractivity contribution < 1.29 is 17.9 Å². The molecule has 2 aromatic heterocycles. The van der Waals surface area contributed by atoms with Gasteiger partial charge in [0, 0.05) is 38.5 Å². The van der Waals surface area contributed by atoms with Crippen LogP contribution in [0.25, 0.3) is 11.0 Å². The summed E-state index contributed by atoms with van der Waals surface area (Å²) in [5, 5.41) is 9.23. The fraction of sp³-hybridized carbons (Fsp3) is 0.348. The van der Waals surface area contributed by atoms with Gasteiger partial charge in [-0.2, -0.15) is 18.4 Å². The average Bonchev–Trinajstić information content (AvgIpc) is 2.77. The predicted molar refractivity (Wildman–Crippen MR) is 114 cm³/mol. The maximum absolute atomic E-state index is 12.8. The van der Waals surface area contributed by atoms with Gasteiger partial charge in [-0.15, -0.1) is 0 Å². The van der Waals surface area contributed by atoms with Gasteiger partial charge in [0.15, 0.2) is 0 Å². The van der Waals surface area contributed by atoms with Crippen LogP contribution >= 0.6 is 0 Å². The number of nitriles is 1. The zero-order valence-electron chi connectivity index (χ0n) is 17.6. The van der Waals surface area contributed by atoms with E-state index in [4.69, 9.17) is 4.74 Å². The quantitative estimate of drug-likeness (QED) is 0.610. The number of alkyl halides is 3. The van der Waals surface area contributed by atoms with E-state index < -0.39 is 11.7 Å². The highest BCUT2D eigenvalue weighted by Crippen LogP contribution is 2.32. The number of aryl methyl sites for hydroxylation is 1. The van der Waals surface area contributed by atoms with Gasteiger partial charge in [-0.05, 0) is 36.4 Å². The molecule has 6 nitrogen and oxygen atoms in total. The van der Waals surface area contributed by atoms with Crippen LogP contribution in [0.1, 0.15) is 24.6 Å². The summed E-state index contributed by atoms with van der Waals surface area (Å²) >= 11 is 0. The summed E-state index contributed by atoms with van der Waals surface area (Å²) in [6.45, 7) is 3.15. The van der Waals surface area contributed by atoms with E-state index in [1.165, 1.54) is 22.8 Å². The minimum atomic E-state index is -4.38. The van der Waals surface area contributed by atoms with Crippen molar-refractivity contribution in [3.63, 3.8) is 0 Å². The summed E-state index contributed by atoms with van der Waals surface area (Å²) < 4.78 is 45.8. The Labute approximate surface area is 182 Å². The number of piperidine rings is 1. The highest BCUT2D eigenvalue weighted by Gasteiger charge is 2.31. The average molecular weight is 442 g/mol. The third-order valence-electron chi connectivity index (χ3n) is 5.82. The molecule has 0 N–H and O–H groups in total. The fourth-order valence-corrected chi connectivity index (χ4v) is 4.03. The standard InChI is InChI=1S/C23H21F3N4O2/c1-14-13-30(10-9-20(14)32-17-6-3-15(4-7-17)23(24,25)26)19-11-21(31)29(2)18-8-5-16(12-27)28-22(18)19/h3-8,11,14,20H,9-10,13H2,1-2H3/t14-,20+/m1/s1. The van der Waals surface area contributed by atoms with E-state index in [1.807, 2.05) is 13.0 Å². The molecular formula is C23H21F3N4O2. The first-order valence-corrected chi connectivity index (χ1v) is 10.2. The molecule has 0 aliphatic carbocycles. The maximum Gasteiger partial charge on any atom is 0.416 e. The molecule has 0 bridgehead atoms. The van der Waals surface area contributed by atoms with Crippen LogP contribution in [0.5, 0.6) is 5.75 Å². The van der Waals surface area contributed by atoms with Crippen molar-refractivity contribution in [3.8, 4) is 11.8 Å². The van der Waals surface area contributed by atoms with E-state index >= 15 is 0 Å². The Morgan fingerprint density at radius 1 is 1.19 bits per heavy atom. The van der Waals surface area contributed by atoms with Crippen LogP contribution in [0.4, 0.5) is 18.9 Å². The van der Waals surface area contributed by atoms with E-state index in [2.05, 4.69) is 9.88 Å². The van der Waals surface area contributed by atoms with Gasteiger partial charge in [0.2, 0.25) is 0 Å². The predicted octanol–water partition coefficient (Wildman–Crippen LogP) is 4.12. The smallest absolute Gasteiger partial charge is 0.416 e. The highest BCUT2D eigenvalue weighted by atomic mass is 19.4. The van der Waals surface area contributed by atoms with Crippen LogP contribution in [0.15, 0.2) is 47.3 Å². The Hall–Kier alpha value is -3.54. The monoisotopic (exact) mass is 442 g/mol. The molecule has 4 rings (SSSR count). The lowest BCUT2D eigenvalue weighted by atomic mass is 9.95. The SMILES string of the molecule is C[C@@H]1CN(c2cc(=O)n(C)c3ccc(C#N)nc23)CC[C@@H]1Oc1ccc(C(F)(F)F)cc1. The van der Waals surface area contributed by atoms with Gasteiger partial charge >= 0.3 is 6.18 Å². The molecule has 3 heterocycles. The summed E-state index contributed by atoms with van der Waals surface area (Å²) in [6.07, 6.45) is -3.94. The summed E-state index contributed by atoms with van der Waals surface area (Å²) in [5.41, 5.74) is 1.28. The number of rotatable bonds is 3. The lowest BCUT2D eigenvalue weighted by molar-refractivity contribution is -0.137.